The molecule has 1 aromatic carbocycles. The van der Waals surface area contributed by atoms with E-state index in [9.17, 15) is 0 Å². The first-order chi connectivity index (χ1) is 6.76. The summed E-state index contributed by atoms with van der Waals surface area (Å²) in [6.45, 7) is 4.47. The smallest absolute Gasteiger partial charge is 0.0352 e. The maximum atomic E-state index is 3.57. The Morgan fingerprint density at radius 1 is 1.36 bits per heavy atom. The van der Waals surface area contributed by atoms with Gasteiger partial charge in [-0.2, -0.15) is 0 Å². The third-order valence-corrected chi connectivity index (χ3v) is 3.00. The van der Waals surface area contributed by atoms with Gasteiger partial charge in [0, 0.05) is 15.3 Å². The highest BCUT2D eigenvalue weighted by atomic mass is 127. The predicted molar refractivity (Wildman–Crippen MR) is 71.8 cm³/mol. The first-order valence-corrected chi connectivity index (χ1v) is 6.36. The van der Waals surface area contributed by atoms with Crippen molar-refractivity contribution in [3.8, 4) is 0 Å². The zero-order valence-corrected chi connectivity index (χ0v) is 11.0. The van der Waals surface area contributed by atoms with Gasteiger partial charge in [-0.25, -0.2) is 0 Å². The van der Waals surface area contributed by atoms with Crippen LogP contribution in [0.1, 0.15) is 33.1 Å². The Balaban J connectivity index is 2.57. The fourth-order valence-electron chi connectivity index (χ4n) is 1.54. The number of anilines is 1. The molecule has 1 nitrogen and oxygen atoms in total. The number of halogens is 1. The van der Waals surface area contributed by atoms with Gasteiger partial charge < -0.3 is 5.32 Å². The number of nitrogens with one attached hydrogen (secondary N) is 1. The van der Waals surface area contributed by atoms with Crippen LogP contribution in [0.15, 0.2) is 24.3 Å². The van der Waals surface area contributed by atoms with Crippen LogP contribution < -0.4 is 5.32 Å². The largest absolute Gasteiger partial charge is 0.382 e. The van der Waals surface area contributed by atoms with Crippen molar-refractivity contribution >= 4 is 28.3 Å². The first kappa shape index (κ1) is 11.8. The molecule has 0 aliphatic carbocycles. The average molecular weight is 303 g/mol. The highest BCUT2D eigenvalue weighted by Gasteiger charge is 2.03. The number of rotatable bonds is 5. The summed E-state index contributed by atoms with van der Waals surface area (Å²) in [6.07, 6.45) is 3.69. The second kappa shape index (κ2) is 6.27. The van der Waals surface area contributed by atoms with Crippen molar-refractivity contribution in [3.63, 3.8) is 0 Å². The van der Waals surface area contributed by atoms with Crippen LogP contribution >= 0.6 is 22.6 Å². The lowest BCUT2D eigenvalue weighted by Crippen LogP contribution is -2.17. The van der Waals surface area contributed by atoms with E-state index < -0.39 is 0 Å². The van der Waals surface area contributed by atoms with E-state index in [2.05, 4.69) is 66.0 Å². The van der Waals surface area contributed by atoms with Crippen molar-refractivity contribution in [1.82, 2.24) is 0 Å². The molecular weight excluding hydrogens is 285 g/mol. The van der Waals surface area contributed by atoms with Gasteiger partial charge in [-0.15, -0.1) is 0 Å². The zero-order valence-electron chi connectivity index (χ0n) is 8.89. The molecule has 78 valence electrons. The minimum atomic E-state index is 0.623. The summed E-state index contributed by atoms with van der Waals surface area (Å²) >= 11 is 2.35. The molecule has 0 aliphatic heterocycles. The highest BCUT2D eigenvalue weighted by Crippen LogP contribution is 2.15. The quantitative estimate of drug-likeness (QED) is 0.801. The summed E-state index contributed by atoms with van der Waals surface area (Å²) in [5.74, 6) is 0. The molecule has 0 aromatic heterocycles. The van der Waals surface area contributed by atoms with Crippen LogP contribution in [0.2, 0.25) is 0 Å². The fourth-order valence-corrected chi connectivity index (χ4v) is 2.08. The molecule has 2 heteroatoms. The lowest BCUT2D eigenvalue weighted by molar-refractivity contribution is 0.623. The zero-order chi connectivity index (χ0) is 10.4. The van der Waals surface area contributed by atoms with E-state index in [1.165, 1.54) is 28.5 Å². The summed E-state index contributed by atoms with van der Waals surface area (Å²) in [7, 11) is 0. The van der Waals surface area contributed by atoms with E-state index in [1.54, 1.807) is 0 Å². The molecule has 0 fully saturated rings. The van der Waals surface area contributed by atoms with E-state index in [4.69, 9.17) is 0 Å². The van der Waals surface area contributed by atoms with Crippen molar-refractivity contribution in [2.45, 2.75) is 39.2 Å². The van der Waals surface area contributed by atoms with Gasteiger partial charge in [0.15, 0.2) is 0 Å². The first-order valence-electron chi connectivity index (χ1n) is 5.28. The van der Waals surface area contributed by atoms with Crippen LogP contribution in [-0.2, 0) is 0 Å². The molecule has 0 aliphatic rings. The number of hydrogen-bond donors (Lipinski definition) is 1. The van der Waals surface area contributed by atoms with Gasteiger partial charge in [-0.3, -0.25) is 0 Å². The molecule has 0 saturated heterocycles. The predicted octanol–water partition coefficient (Wildman–Crippen LogP) is 4.28. The summed E-state index contributed by atoms with van der Waals surface area (Å²) in [6, 6.07) is 9.17. The van der Waals surface area contributed by atoms with Crippen LogP contribution in [-0.4, -0.2) is 6.04 Å². The second-order valence-electron chi connectivity index (χ2n) is 3.55. The highest BCUT2D eigenvalue weighted by molar-refractivity contribution is 14.1. The SMILES string of the molecule is CCCC(CC)Nc1cccc(I)c1. The van der Waals surface area contributed by atoms with Crippen LogP contribution in [0.3, 0.4) is 0 Å². The van der Waals surface area contributed by atoms with Crippen molar-refractivity contribution < 1.29 is 0 Å². The topological polar surface area (TPSA) is 12.0 Å². The van der Waals surface area contributed by atoms with Gasteiger partial charge >= 0.3 is 0 Å². The van der Waals surface area contributed by atoms with E-state index in [-0.39, 0.29) is 0 Å². The summed E-state index contributed by atoms with van der Waals surface area (Å²) in [5, 5.41) is 3.57. The normalized spacial score (nSPS) is 12.5. The molecule has 1 N–H and O–H groups in total. The van der Waals surface area contributed by atoms with Gasteiger partial charge in [0.1, 0.15) is 0 Å². The Labute approximate surface area is 100 Å². The minimum absolute atomic E-state index is 0.623. The molecule has 0 heterocycles. The summed E-state index contributed by atoms with van der Waals surface area (Å²) in [4.78, 5) is 0. The minimum Gasteiger partial charge on any atom is -0.382 e. The maximum absolute atomic E-state index is 3.57. The van der Waals surface area contributed by atoms with E-state index >= 15 is 0 Å². The van der Waals surface area contributed by atoms with Crippen LogP contribution in [0.4, 0.5) is 5.69 Å². The Bertz CT molecular complexity index is 273. The van der Waals surface area contributed by atoms with Crippen LogP contribution in [0, 0.1) is 3.57 Å². The van der Waals surface area contributed by atoms with Gasteiger partial charge in [-0.1, -0.05) is 26.3 Å². The molecule has 1 atom stereocenters. The van der Waals surface area contributed by atoms with Crippen LogP contribution in [0.25, 0.3) is 0 Å². The summed E-state index contributed by atoms with van der Waals surface area (Å²) in [5.41, 5.74) is 1.25. The lowest BCUT2D eigenvalue weighted by Gasteiger charge is -2.17. The van der Waals surface area contributed by atoms with Crippen molar-refractivity contribution in [2.24, 2.45) is 0 Å². The lowest BCUT2D eigenvalue weighted by atomic mass is 10.1. The van der Waals surface area contributed by atoms with E-state index in [0.717, 1.165) is 0 Å². The second-order valence-corrected chi connectivity index (χ2v) is 4.79. The fraction of sp³-hybridized carbons (Fsp3) is 0.500. The third-order valence-electron chi connectivity index (χ3n) is 2.33. The Morgan fingerprint density at radius 2 is 2.14 bits per heavy atom. The maximum Gasteiger partial charge on any atom is 0.0352 e. The van der Waals surface area contributed by atoms with Gasteiger partial charge in [-0.05, 0) is 53.6 Å². The van der Waals surface area contributed by atoms with Crippen molar-refractivity contribution in [2.75, 3.05) is 5.32 Å². The Kier molecular flexibility index (Phi) is 5.30. The molecule has 0 saturated carbocycles. The summed E-state index contributed by atoms with van der Waals surface area (Å²) < 4.78 is 1.29. The molecular formula is C12H18IN. The molecule has 14 heavy (non-hydrogen) atoms. The van der Waals surface area contributed by atoms with Gasteiger partial charge in [0.25, 0.3) is 0 Å². The van der Waals surface area contributed by atoms with Gasteiger partial charge in [0.05, 0.1) is 0 Å². The average Bonchev–Trinajstić information content (AvgIpc) is 2.17. The monoisotopic (exact) mass is 303 g/mol. The third kappa shape index (κ3) is 3.86. The van der Waals surface area contributed by atoms with Crippen LogP contribution in [0.5, 0.6) is 0 Å². The molecule has 0 amide bonds. The van der Waals surface area contributed by atoms with E-state index in [1.807, 2.05) is 0 Å². The molecule has 1 aromatic rings. The molecule has 0 spiro atoms. The Morgan fingerprint density at radius 3 is 2.71 bits per heavy atom. The molecule has 0 radical (unpaired) electrons. The molecule has 1 rings (SSSR count). The molecule has 1 unspecified atom stereocenters. The standard InChI is InChI=1S/C12H18IN/c1-3-6-11(4-2)14-12-8-5-7-10(13)9-12/h5,7-9,11,14H,3-4,6H2,1-2H3. The number of benzene rings is 1. The molecule has 0 bridgehead atoms. The number of hydrogen-bond acceptors (Lipinski definition) is 1. The van der Waals surface area contributed by atoms with Gasteiger partial charge in [0.2, 0.25) is 0 Å². The Hall–Kier alpha value is -0.250. The van der Waals surface area contributed by atoms with Crippen molar-refractivity contribution in [1.29, 1.82) is 0 Å². The van der Waals surface area contributed by atoms with Crippen molar-refractivity contribution in [3.05, 3.63) is 27.8 Å². The van der Waals surface area contributed by atoms with E-state index in [0.29, 0.717) is 6.04 Å².